The maximum absolute atomic E-state index is 11.7. The molecule has 5 aromatic rings. The molecule has 8 bridgehead atoms. The number of hydrogen-bond donors (Lipinski definition) is 4. The van der Waals surface area contributed by atoms with E-state index in [9.17, 15) is 30.4 Å². The Labute approximate surface area is 259 Å². The van der Waals surface area contributed by atoms with Gasteiger partial charge in [0.05, 0.1) is 32.6 Å². The van der Waals surface area contributed by atoms with Crippen LogP contribution in [0.3, 0.4) is 0 Å². The van der Waals surface area contributed by atoms with Crippen LogP contribution in [0.1, 0.15) is 22.8 Å². The first-order chi connectivity index (χ1) is 21.2. The summed E-state index contributed by atoms with van der Waals surface area (Å²) in [6.45, 7) is 0. The Morgan fingerprint density at radius 1 is 0.578 bits per heavy atom. The lowest BCUT2D eigenvalue weighted by molar-refractivity contribution is -0.385. The van der Waals surface area contributed by atoms with Crippen molar-refractivity contribution in [3.8, 4) is 33.8 Å². The van der Waals surface area contributed by atoms with Crippen LogP contribution >= 0.6 is 12.4 Å². The van der Waals surface area contributed by atoms with Gasteiger partial charge in [-0.1, -0.05) is 12.1 Å². The smallest absolute Gasteiger partial charge is 0.311 e. The van der Waals surface area contributed by atoms with E-state index in [1.807, 2.05) is 48.6 Å². The standard InChI is InChI=1S/C32H20N6O6.ClH/c39-29-11-1-17(13-27(29)37(41)42)31-23-7-5-21(34-23)15-19-3-4-20(33-19)16-22-6-8-24(35-22)32(26-10-9-25(31)36-26)18-2-12-30(40)28(14-18)38(43)44;/h1-16,34-35,39-40H;1H. The highest BCUT2D eigenvalue weighted by Gasteiger charge is 2.21. The van der Waals surface area contributed by atoms with E-state index in [1.165, 1.54) is 24.3 Å². The summed E-state index contributed by atoms with van der Waals surface area (Å²) < 4.78 is 0. The largest absolute Gasteiger partial charge is 0.502 e. The normalized spacial score (nSPS) is 11.7. The number of nitrogens with zero attached hydrogens (tertiary/aromatic N) is 4. The van der Waals surface area contributed by atoms with Gasteiger partial charge >= 0.3 is 11.4 Å². The average molecular weight is 621 g/mol. The molecule has 13 heteroatoms. The molecule has 2 aromatic carbocycles. The molecule has 0 radical (unpaired) electrons. The highest BCUT2D eigenvalue weighted by atomic mass is 35.5. The molecular formula is C32H21ClN6O6. The molecule has 0 amide bonds. The second kappa shape index (κ2) is 11.1. The van der Waals surface area contributed by atoms with Crippen LogP contribution in [0.15, 0.2) is 72.8 Å². The molecule has 7 rings (SSSR count). The summed E-state index contributed by atoms with van der Waals surface area (Å²) in [5.74, 6) is -0.933. The number of aromatic nitrogens is 4. The first kappa shape index (κ1) is 28.8. The number of aromatic hydroxyl groups is 2. The van der Waals surface area contributed by atoms with Crippen molar-refractivity contribution in [2.75, 3.05) is 0 Å². The van der Waals surface area contributed by atoms with Gasteiger partial charge < -0.3 is 20.2 Å². The van der Waals surface area contributed by atoms with Gasteiger partial charge in [-0.3, -0.25) is 20.2 Å². The molecule has 0 unspecified atom stereocenters. The first-order valence-corrected chi connectivity index (χ1v) is 13.3. The van der Waals surface area contributed by atoms with Gasteiger partial charge in [0.1, 0.15) is 0 Å². The topological polar surface area (TPSA) is 184 Å². The quantitative estimate of drug-likeness (QED) is 0.114. The van der Waals surface area contributed by atoms with Gasteiger partial charge in [-0.05, 0) is 84.0 Å². The predicted molar refractivity (Wildman–Crippen MR) is 174 cm³/mol. The van der Waals surface area contributed by atoms with Crippen LogP contribution < -0.4 is 0 Å². The van der Waals surface area contributed by atoms with Crippen molar-refractivity contribution in [3.05, 3.63) is 116 Å². The SMILES string of the molecule is Cl.O=[N+]([O-])c1cc(-c2c3nc(c(-c4ccc(O)c([N+](=O)[O-])c4)c4ccc(cc5nc(cc6ccc2[nH]6)C=C5)[nH]4)C=C3)ccc1O. The minimum Gasteiger partial charge on any atom is -0.502 e. The summed E-state index contributed by atoms with van der Waals surface area (Å²) in [7, 11) is 0. The van der Waals surface area contributed by atoms with E-state index in [-0.39, 0.29) is 12.4 Å². The minimum atomic E-state index is -0.658. The fraction of sp³-hybridized carbons (Fsp3) is 0. The summed E-state index contributed by atoms with van der Waals surface area (Å²) in [5.41, 5.74) is 6.02. The molecule has 0 fully saturated rings. The number of fused-ring (bicyclic) bond motifs is 8. The Morgan fingerprint density at radius 2 is 1.02 bits per heavy atom. The fourth-order valence-corrected chi connectivity index (χ4v) is 5.33. The van der Waals surface area contributed by atoms with Crippen molar-refractivity contribution < 1.29 is 20.1 Å². The second-order valence-corrected chi connectivity index (χ2v) is 10.1. The van der Waals surface area contributed by atoms with Crippen LogP contribution in [-0.4, -0.2) is 40.0 Å². The Hall–Kier alpha value is -6.27. The summed E-state index contributed by atoms with van der Waals surface area (Å²) in [6.07, 6.45) is 7.25. The molecule has 3 aromatic heterocycles. The van der Waals surface area contributed by atoms with Gasteiger partial charge in [-0.15, -0.1) is 12.4 Å². The van der Waals surface area contributed by atoms with E-state index in [1.54, 1.807) is 24.3 Å². The van der Waals surface area contributed by atoms with E-state index >= 15 is 0 Å². The number of hydrogen-bond acceptors (Lipinski definition) is 8. The monoisotopic (exact) mass is 620 g/mol. The zero-order chi connectivity index (χ0) is 30.5. The molecule has 0 aliphatic carbocycles. The Bertz CT molecular complexity index is 2130. The Kier molecular flexibility index (Phi) is 7.11. The lowest BCUT2D eigenvalue weighted by Crippen LogP contribution is -1.92. The van der Waals surface area contributed by atoms with Gasteiger partial charge in [-0.25, -0.2) is 9.97 Å². The number of aromatic amines is 2. The zero-order valence-electron chi connectivity index (χ0n) is 23.0. The lowest BCUT2D eigenvalue weighted by atomic mass is 10.0. The van der Waals surface area contributed by atoms with Gasteiger partial charge in [0.2, 0.25) is 0 Å². The molecule has 0 spiro atoms. The molecule has 0 saturated carbocycles. The van der Waals surface area contributed by atoms with Crippen molar-refractivity contribution in [2.45, 2.75) is 0 Å². The van der Waals surface area contributed by atoms with Gasteiger partial charge in [0.15, 0.2) is 11.5 Å². The molecular weight excluding hydrogens is 600 g/mol. The number of nitrogens with one attached hydrogen (secondary N) is 2. The molecule has 12 nitrogen and oxygen atoms in total. The summed E-state index contributed by atoms with van der Waals surface area (Å²) >= 11 is 0. The third-order valence-electron chi connectivity index (χ3n) is 7.32. The number of nitro groups is 2. The maximum Gasteiger partial charge on any atom is 0.311 e. The molecule has 0 saturated heterocycles. The van der Waals surface area contributed by atoms with E-state index in [4.69, 9.17) is 4.98 Å². The van der Waals surface area contributed by atoms with Crippen LogP contribution in [0.5, 0.6) is 11.5 Å². The van der Waals surface area contributed by atoms with Crippen LogP contribution in [0, 0.1) is 20.2 Å². The van der Waals surface area contributed by atoms with E-state index in [2.05, 4.69) is 15.0 Å². The third kappa shape index (κ3) is 5.26. The number of halogens is 1. The van der Waals surface area contributed by atoms with Gasteiger partial charge in [-0.2, -0.15) is 0 Å². The molecule has 5 heterocycles. The van der Waals surface area contributed by atoms with Gasteiger partial charge in [0, 0.05) is 45.3 Å². The molecule has 4 N–H and O–H groups in total. The van der Waals surface area contributed by atoms with Crippen LogP contribution in [0.25, 0.3) is 68.6 Å². The van der Waals surface area contributed by atoms with Gasteiger partial charge in [0.25, 0.3) is 0 Å². The summed E-state index contributed by atoms with van der Waals surface area (Å²) in [5, 5.41) is 43.6. The molecule has 2 aliphatic rings. The number of benzene rings is 2. The summed E-state index contributed by atoms with van der Waals surface area (Å²) in [4.78, 5) is 38.3. The highest BCUT2D eigenvalue weighted by molar-refractivity contribution is 5.96. The number of nitro benzene ring substituents is 2. The summed E-state index contributed by atoms with van der Waals surface area (Å²) in [6, 6.07) is 19.3. The van der Waals surface area contributed by atoms with Crippen molar-refractivity contribution in [1.29, 1.82) is 0 Å². The number of phenolic OH excluding ortho intramolecular Hbond substituents is 2. The third-order valence-corrected chi connectivity index (χ3v) is 7.32. The highest BCUT2D eigenvalue weighted by Crippen LogP contribution is 2.39. The Morgan fingerprint density at radius 3 is 1.44 bits per heavy atom. The van der Waals surface area contributed by atoms with Crippen LogP contribution in [0.2, 0.25) is 0 Å². The number of H-pyrrole nitrogens is 2. The predicted octanol–water partition coefficient (Wildman–Crippen LogP) is 7.64. The lowest BCUT2D eigenvalue weighted by Gasteiger charge is -2.06. The minimum absolute atomic E-state index is 0. The van der Waals surface area contributed by atoms with Crippen molar-refractivity contribution in [2.24, 2.45) is 0 Å². The first-order valence-electron chi connectivity index (χ1n) is 13.3. The Balaban J connectivity index is 0.00000357. The van der Waals surface area contributed by atoms with Crippen LogP contribution in [0.4, 0.5) is 11.4 Å². The maximum atomic E-state index is 11.7. The average Bonchev–Trinajstić information content (AvgIpc) is 3.81. The number of rotatable bonds is 4. The fourth-order valence-electron chi connectivity index (χ4n) is 5.33. The molecule has 45 heavy (non-hydrogen) atoms. The van der Waals surface area contributed by atoms with Crippen molar-refractivity contribution in [3.63, 3.8) is 0 Å². The van der Waals surface area contributed by atoms with E-state index in [0.717, 1.165) is 11.0 Å². The van der Waals surface area contributed by atoms with Crippen LogP contribution in [-0.2, 0) is 0 Å². The van der Waals surface area contributed by atoms with Crippen molar-refractivity contribution in [1.82, 2.24) is 19.9 Å². The van der Waals surface area contributed by atoms with E-state index in [0.29, 0.717) is 56.1 Å². The molecule has 222 valence electrons. The second-order valence-electron chi connectivity index (χ2n) is 10.1. The molecule has 0 atom stereocenters. The molecule has 2 aliphatic heterocycles. The van der Waals surface area contributed by atoms with Crippen molar-refractivity contribution >= 4 is 70.2 Å². The zero-order valence-corrected chi connectivity index (χ0v) is 23.8. The number of phenols is 2. The van der Waals surface area contributed by atoms with E-state index < -0.39 is 32.7 Å².